The number of halogens is 1. The molecule has 0 aliphatic heterocycles. The van der Waals surface area contributed by atoms with Gasteiger partial charge in [0.25, 0.3) is 0 Å². The van der Waals surface area contributed by atoms with Crippen molar-refractivity contribution in [3.05, 3.63) is 0 Å². The topological polar surface area (TPSA) is 0 Å². The third kappa shape index (κ3) is 3.49. The Kier molecular flexibility index (Phi) is 2.78. The van der Waals surface area contributed by atoms with Crippen molar-refractivity contribution in [3.8, 4) is 0 Å². The van der Waals surface area contributed by atoms with E-state index in [4.69, 9.17) is 0 Å². The Balaban J connectivity index is 3.54. The fraction of sp³-hybridized carbons (Fsp3) is 1.00. The van der Waals surface area contributed by atoms with Crippen molar-refractivity contribution in [3.63, 3.8) is 0 Å². The highest BCUT2D eigenvalue weighted by Crippen LogP contribution is 2.52. The Bertz CT molecular complexity index is 53.6. The van der Waals surface area contributed by atoms with Gasteiger partial charge in [0.05, 0.1) is 0 Å². The van der Waals surface area contributed by atoms with Crippen LogP contribution < -0.4 is 0 Å². The Labute approximate surface area is 55.2 Å². The second-order valence-electron chi connectivity index (χ2n) is 2.65. The van der Waals surface area contributed by atoms with Gasteiger partial charge in [-0.1, -0.05) is 36.3 Å². The molecule has 0 unspecified atom stereocenters. The SMILES string of the molecule is C[P@@](Br)C(C)(C)C. The third-order valence-corrected chi connectivity index (χ3v) is 5.96. The quantitative estimate of drug-likeness (QED) is 0.506. The third-order valence-electron chi connectivity index (χ3n) is 0.924. The van der Waals surface area contributed by atoms with Gasteiger partial charge in [0.2, 0.25) is 0 Å². The van der Waals surface area contributed by atoms with Crippen LogP contribution in [-0.2, 0) is 0 Å². The van der Waals surface area contributed by atoms with E-state index in [9.17, 15) is 0 Å². The molecule has 0 saturated heterocycles. The van der Waals surface area contributed by atoms with Gasteiger partial charge in [-0.25, -0.2) is 0 Å². The maximum atomic E-state index is 3.56. The molecule has 0 bridgehead atoms. The van der Waals surface area contributed by atoms with Crippen LogP contribution in [-0.4, -0.2) is 11.8 Å². The van der Waals surface area contributed by atoms with E-state index in [1.54, 1.807) is 0 Å². The first-order valence-electron chi connectivity index (χ1n) is 2.34. The molecule has 0 N–H and O–H groups in total. The first kappa shape index (κ1) is 7.91. The average molecular weight is 183 g/mol. The largest absolute Gasteiger partial charge is 0.0602 e. The lowest BCUT2D eigenvalue weighted by Gasteiger charge is -2.20. The Morgan fingerprint density at radius 2 is 1.43 bits per heavy atom. The van der Waals surface area contributed by atoms with E-state index in [0.29, 0.717) is 5.16 Å². The molecule has 7 heavy (non-hydrogen) atoms. The molecule has 0 aromatic heterocycles. The normalized spacial score (nSPS) is 16.7. The molecule has 0 radical (unpaired) electrons. The van der Waals surface area contributed by atoms with Gasteiger partial charge in [-0.05, 0) is 18.4 Å². The van der Waals surface area contributed by atoms with Crippen molar-refractivity contribution in [1.82, 2.24) is 0 Å². The lowest BCUT2D eigenvalue weighted by molar-refractivity contribution is 0.795. The van der Waals surface area contributed by atoms with Crippen LogP contribution in [0.1, 0.15) is 20.8 Å². The predicted molar refractivity (Wildman–Crippen MR) is 41.5 cm³/mol. The van der Waals surface area contributed by atoms with Crippen LogP contribution in [0.4, 0.5) is 0 Å². The Hall–Kier alpha value is 0.910. The Morgan fingerprint density at radius 3 is 1.43 bits per heavy atom. The second kappa shape index (κ2) is 2.46. The lowest BCUT2D eigenvalue weighted by atomic mass is 10.3. The van der Waals surface area contributed by atoms with Gasteiger partial charge in [-0.15, -0.1) is 0 Å². The molecule has 0 aromatic rings. The van der Waals surface area contributed by atoms with Crippen molar-refractivity contribution in [2.75, 3.05) is 6.66 Å². The van der Waals surface area contributed by atoms with Crippen LogP contribution in [0.15, 0.2) is 0 Å². The van der Waals surface area contributed by atoms with Crippen molar-refractivity contribution in [2.24, 2.45) is 0 Å². The van der Waals surface area contributed by atoms with Crippen molar-refractivity contribution >= 4 is 22.1 Å². The highest BCUT2D eigenvalue weighted by atomic mass is 79.9. The molecule has 0 rings (SSSR count). The van der Waals surface area contributed by atoms with E-state index < -0.39 is 0 Å². The zero-order chi connectivity index (χ0) is 6.08. The average Bonchev–Trinajstić information content (AvgIpc) is 1.31. The van der Waals surface area contributed by atoms with Crippen molar-refractivity contribution in [2.45, 2.75) is 25.9 Å². The summed E-state index contributed by atoms with van der Waals surface area (Å²) < 4.78 is 0. The summed E-state index contributed by atoms with van der Waals surface area (Å²) in [5, 5.41) is 0.481. The van der Waals surface area contributed by atoms with Crippen LogP contribution in [0, 0.1) is 0 Å². The molecule has 0 spiro atoms. The molecule has 0 aliphatic carbocycles. The second-order valence-corrected chi connectivity index (χ2v) is 8.14. The van der Waals surface area contributed by atoms with Crippen LogP contribution >= 0.6 is 22.1 Å². The smallest absolute Gasteiger partial charge is 0.00838 e. The van der Waals surface area contributed by atoms with E-state index >= 15 is 0 Å². The summed E-state index contributed by atoms with van der Waals surface area (Å²) in [6, 6.07) is 0. The minimum atomic E-state index is 0.0710. The Morgan fingerprint density at radius 1 is 1.29 bits per heavy atom. The molecular formula is C5H12BrP. The van der Waals surface area contributed by atoms with E-state index in [2.05, 4.69) is 42.9 Å². The summed E-state index contributed by atoms with van der Waals surface area (Å²) in [6.45, 7) is 9.03. The first-order valence-corrected chi connectivity index (χ1v) is 6.15. The number of hydrogen-bond acceptors (Lipinski definition) is 0. The molecule has 44 valence electrons. The highest BCUT2D eigenvalue weighted by Gasteiger charge is 2.15. The van der Waals surface area contributed by atoms with E-state index in [-0.39, 0.29) is 6.62 Å². The molecule has 1 atom stereocenters. The summed E-state index contributed by atoms with van der Waals surface area (Å²) in [5.74, 6) is 0. The van der Waals surface area contributed by atoms with Crippen LogP contribution in [0.2, 0.25) is 0 Å². The van der Waals surface area contributed by atoms with Gasteiger partial charge in [0, 0.05) is 0 Å². The summed E-state index contributed by atoms with van der Waals surface area (Å²) in [5.41, 5.74) is 0. The maximum Gasteiger partial charge on any atom is -0.00838 e. The predicted octanol–water partition coefficient (Wildman–Crippen LogP) is 3.21. The minimum Gasteiger partial charge on any atom is -0.0602 e. The molecule has 2 heteroatoms. The standard InChI is InChI=1S/C5H12BrP/c1-5(2,3)7(4)6/h1-4H3/t7-/m1/s1. The monoisotopic (exact) mass is 182 g/mol. The zero-order valence-electron chi connectivity index (χ0n) is 5.33. The molecule has 0 nitrogen and oxygen atoms in total. The number of rotatable bonds is 0. The van der Waals surface area contributed by atoms with Crippen molar-refractivity contribution < 1.29 is 0 Å². The van der Waals surface area contributed by atoms with Gasteiger partial charge in [0.15, 0.2) is 0 Å². The molecule has 0 aromatic carbocycles. The van der Waals surface area contributed by atoms with Gasteiger partial charge < -0.3 is 0 Å². The highest BCUT2D eigenvalue weighted by molar-refractivity contribution is 9.39. The minimum absolute atomic E-state index is 0.0710. The summed E-state index contributed by atoms with van der Waals surface area (Å²) in [4.78, 5) is 0. The van der Waals surface area contributed by atoms with Gasteiger partial charge in [-0.3, -0.25) is 0 Å². The molecule has 0 aliphatic rings. The van der Waals surface area contributed by atoms with Crippen LogP contribution in [0.5, 0.6) is 0 Å². The van der Waals surface area contributed by atoms with Crippen molar-refractivity contribution in [1.29, 1.82) is 0 Å². The van der Waals surface area contributed by atoms with Crippen LogP contribution in [0.3, 0.4) is 0 Å². The van der Waals surface area contributed by atoms with E-state index in [1.807, 2.05) is 0 Å². The molecular weight excluding hydrogens is 171 g/mol. The molecule has 0 amide bonds. The fourth-order valence-corrected chi connectivity index (χ4v) is 0. The zero-order valence-corrected chi connectivity index (χ0v) is 7.81. The summed E-state index contributed by atoms with van der Waals surface area (Å²) in [6.07, 6.45) is 0. The molecule has 0 heterocycles. The van der Waals surface area contributed by atoms with E-state index in [0.717, 1.165) is 0 Å². The van der Waals surface area contributed by atoms with Gasteiger partial charge in [0.1, 0.15) is 0 Å². The maximum absolute atomic E-state index is 3.56. The fourth-order valence-electron chi connectivity index (χ4n) is 0. The molecule has 0 saturated carbocycles. The number of hydrogen-bond donors (Lipinski definition) is 0. The van der Waals surface area contributed by atoms with Crippen LogP contribution in [0.25, 0.3) is 0 Å². The van der Waals surface area contributed by atoms with Gasteiger partial charge in [-0.2, -0.15) is 0 Å². The first-order chi connectivity index (χ1) is 2.94. The summed E-state index contributed by atoms with van der Waals surface area (Å²) in [7, 11) is 0. The summed E-state index contributed by atoms with van der Waals surface area (Å²) >= 11 is 3.56. The van der Waals surface area contributed by atoms with E-state index in [1.165, 1.54) is 0 Å². The lowest BCUT2D eigenvalue weighted by Crippen LogP contribution is -2.06. The molecule has 0 fully saturated rings. The van der Waals surface area contributed by atoms with Gasteiger partial charge >= 0.3 is 0 Å².